The number of aryl methyl sites for hydroxylation is 1. The molecule has 0 amide bonds. The molecule has 0 aliphatic rings. The van der Waals surface area contributed by atoms with Crippen LogP contribution in [-0.2, 0) is 7.05 Å². The zero-order valence-corrected chi connectivity index (χ0v) is 15.6. The Morgan fingerprint density at radius 1 is 1.08 bits per heavy atom. The first-order valence-corrected chi connectivity index (χ1v) is 8.59. The monoisotopic (exact) mass is 373 g/mol. The number of carbonyl (C=O) groups is 1. The highest BCUT2D eigenvalue weighted by atomic mass is 35.5. The molecule has 0 N–H and O–H groups in total. The Hall–Kier alpha value is -2.17. The Morgan fingerprint density at radius 2 is 1.76 bits per heavy atom. The average Bonchev–Trinajstić information content (AvgIpc) is 2.89. The highest BCUT2D eigenvalue weighted by Crippen LogP contribution is 2.28. The number of hydrogen-bond donors (Lipinski definition) is 0. The van der Waals surface area contributed by atoms with Crippen LogP contribution in [0, 0.1) is 6.92 Å². The van der Waals surface area contributed by atoms with Gasteiger partial charge in [-0.1, -0.05) is 30.1 Å². The first-order valence-electron chi connectivity index (χ1n) is 7.84. The van der Waals surface area contributed by atoms with E-state index in [4.69, 9.17) is 23.2 Å². The molecule has 4 nitrogen and oxygen atoms in total. The Kier molecular flexibility index (Phi) is 4.93. The topological polar surface area (TPSA) is 47.8 Å². The van der Waals surface area contributed by atoms with Gasteiger partial charge in [0.15, 0.2) is 5.15 Å². The molecular weight excluding hydrogens is 357 g/mol. The first-order chi connectivity index (χ1) is 11.9. The van der Waals surface area contributed by atoms with Gasteiger partial charge < -0.3 is 4.57 Å². The van der Waals surface area contributed by atoms with Crippen LogP contribution in [0.3, 0.4) is 0 Å². The van der Waals surface area contributed by atoms with Gasteiger partial charge in [0.1, 0.15) is 0 Å². The van der Waals surface area contributed by atoms with Gasteiger partial charge in [0.25, 0.3) is 0 Å². The highest BCUT2D eigenvalue weighted by molar-refractivity contribution is 6.30. The van der Waals surface area contributed by atoms with Gasteiger partial charge in [-0.15, -0.1) is 5.10 Å². The summed E-state index contributed by atoms with van der Waals surface area (Å²) in [5, 5.41) is 9.02. The minimum Gasteiger partial charge on any atom is -0.344 e. The van der Waals surface area contributed by atoms with Gasteiger partial charge >= 0.3 is 0 Å². The molecular formula is C19H17Cl2N3O. The third-order valence-corrected chi connectivity index (χ3v) is 4.78. The first kappa shape index (κ1) is 17.6. The summed E-state index contributed by atoms with van der Waals surface area (Å²) in [5.41, 5.74) is 3.98. The molecule has 1 aromatic carbocycles. The second-order valence-electron chi connectivity index (χ2n) is 6.00. The number of ketones is 1. The lowest BCUT2D eigenvalue weighted by molar-refractivity contribution is 0.103. The van der Waals surface area contributed by atoms with E-state index >= 15 is 0 Å². The predicted octanol–water partition coefficient (Wildman–Crippen LogP) is 4.81. The van der Waals surface area contributed by atoms with Crippen LogP contribution in [0.5, 0.6) is 0 Å². The SMILES string of the molecule is Cc1cc(C(C)c2ccc(Cl)nn2)n(C)c1C(=O)c1ccc(Cl)cc1. The summed E-state index contributed by atoms with van der Waals surface area (Å²) >= 11 is 11.7. The number of nitrogens with zero attached hydrogens (tertiary/aromatic N) is 3. The number of hydrogen-bond acceptors (Lipinski definition) is 3. The molecule has 2 aromatic heterocycles. The van der Waals surface area contributed by atoms with Crippen molar-refractivity contribution in [1.82, 2.24) is 14.8 Å². The second-order valence-corrected chi connectivity index (χ2v) is 6.82. The van der Waals surface area contributed by atoms with Crippen LogP contribution in [0.15, 0.2) is 42.5 Å². The molecule has 25 heavy (non-hydrogen) atoms. The molecule has 0 bridgehead atoms. The Balaban J connectivity index is 1.99. The Bertz CT molecular complexity index is 915. The third kappa shape index (κ3) is 3.46. The van der Waals surface area contributed by atoms with E-state index in [-0.39, 0.29) is 11.7 Å². The largest absolute Gasteiger partial charge is 0.344 e. The lowest BCUT2D eigenvalue weighted by atomic mass is 10.0. The molecule has 0 saturated heterocycles. The van der Waals surface area contributed by atoms with E-state index in [1.54, 1.807) is 30.3 Å². The van der Waals surface area contributed by atoms with Gasteiger partial charge in [-0.05, 0) is 55.0 Å². The fourth-order valence-electron chi connectivity index (χ4n) is 2.97. The van der Waals surface area contributed by atoms with Crippen molar-refractivity contribution in [3.8, 4) is 0 Å². The molecule has 6 heteroatoms. The predicted molar refractivity (Wildman–Crippen MR) is 99.6 cm³/mol. The number of benzene rings is 1. The zero-order chi connectivity index (χ0) is 18.1. The van der Waals surface area contributed by atoms with E-state index in [0.717, 1.165) is 17.0 Å². The van der Waals surface area contributed by atoms with Crippen LogP contribution in [0.2, 0.25) is 10.2 Å². The second kappa shape index (κ2) is 6.98. The van der Waals surface area contributed by atoms with Crippen molar-refractivity contribution in [1.29, 1.82) is 0 Å². The molecule has 0 saturated carbocycles. The average molecular weight is 374 g/mol. The minimum atomic E-state index is -0.0303. The van der Waals surface area contributed by atoms with E-state index in [1.165, 1.54) is 0 Å². The maximum Gasteiger partial charge on any atom is 0.209 e. The van der Waals surface area contributed by atoms with Crippen LogP contribution < -0.4 is 0 Å². The van der Waals surface area contributed by atoms with E-state index in [9.17, 15) is 4.79 Å². The Labute approximate surface area is 156 Å². The van der Waals surface area contributed by atoms with Crippen molar-refractivity contribution in [2.45, 2.75) is 19.8 Å². The summed E-state index contributed by atoms with van der Waals surface area (Å²) in [5.74, 6) is -0.0439. The smallest absolute Gasteiger partial charge is 0.209 e. The van der Waals surface area contributed by atoms with Crippen molar-refractivity contribution < 1.29 is 4.79 Å². The summed E-state index contributed by atoms with van der Waals surface area (Å²) in [6.45, 7) is 3.97. The summed E-state index contributed by atoms with van der Waals surface area (Å²) in [6.07, 6.45) is 0. The minimum absolute atomic E-state index is 0.0137. The Morgan fingerprint density at radius 3 is 2.36 bits per heavy atom. The van der Waals surface area contributed by atoms with Gasteiger partial charge in [0.05, 0.1) is 11.4 Å². The van der Waals surface area contributed by atoms with Crippen molar-refractivity contribution >= 4 is 29.0 Å². The normalized spacial score (nSPS) is 12.2. The fraction of sp³-hybridized carbons (Fsp3) is 0.211. The van der Waals surface area contributed by atoms with Crippen LogP contribution in [0.4, 0.5) is 0 Å². The standard InChI is InChI=1S/C19H17Cl2N3O/c1-11-10-16(12(2)15-8-9-17(21)23-22-15)24(3)18(11)19(25)13-4-6-14(20)7-5-13/h4-10,12H,1-3H3. The molecule has 0 radical (unpaired) electrons. The lowest BCUT2D eigenvalue weighted by Crippen LogP contribution is -2.12. The molecule has 0 spiro atoms. The van der Waals surface area contributed by atoms with Crippen molar-refractivity contribution in [2.75, 3.05) is 0 Å². The lowest BCUT2D eigenvalue weighted by Gasteiger charge is -2.13. The van der Waals surface area contributed by atoms with Crippen molar-refractivity contribution in [3.05, 3.63) is 80.8 Å². The zero-order valence-electron chi connectivity index (χ0n) is 14.1. The maximum absolute atomic E-state index is 12.9. The number of halogens is 2. The van der Waals surface area contributed by atoms with Gasteiger partial charge in [0, 0.05) is 29.2 Å². The summed E-state index contributed by atoms with van der Waals surface area (Å²) in [6, 6.07) is 12.5. The van der Waals surface area contributed by atoms with Crippen molar-refractivity contribution in [2.24, 2.45) is 7.05 Å². The van der Waals surface area contributed by atoms with E-state index < -0.39 is 0 Å². The molecule has 0 fully saturated rings. The number of aromatic nitrogens is 3. The van der Waals surface area contributed by atoms with Gasteiger partial charge in [-0.3, -0.25) is 4.79 Å². The number of rotatable bonds is 4. The summed E-state index contributed by atoms with van der Waals surface area (Å²) < 4.78 is 1.92. The molecule has 128 valence electrons. The molecule has 3 rings (SSSR count). The molecule has 0 aliphatic heterocycles. The molecule has 1 atom stereocenters. The van der Waals surface area contributed by atoms with Crippen LogP contribution in [0.1, 0.15) is 45.8 Å². The molecule has 1 unspecified atom stereocenters. The third-order valence-electron chi connectivity index (χ3n) is 4.32. The highest BCUT2D eigenvalue weighted by Gasteiger charge is 2.22. The molecule has 3 aromatic rings. The maximum atomic E-state index is 12.9. The molecule has 2 heterocycles. The summed E-state index contributed by atoms with van der Waals surface area (Å²) in [4.78, 5) is 12.9. The van der Waals surface area contributed by atoms with Crippen molar-refractivity contribution in [3.63, 3.8) is 0 Å². The van der Waals surface area contributed by atoms with E-state index in [1.807, 2.05) is 37.6 Å². The van der Waals surface area contributed by atoms with Crippen LogP contribution in [0.25, 0.3) is 0 Å². The van der Waals surface area contributed by atoms with E-state index in [2.05, 4.69) is 10.2 Å². The fourth-order valence-corrected chi connectivity index (χ4v) is 3.20. The van der Waals surface area contributed by atoms with E-state index in [0.29, 0.717) is 21.4 Å². The van der Waals surface area contributed by atoms with Gasteiger partial charge in [-0.2, -0.15) is 5.10 Å². The number of carbonyl (C=O) groups excluding carboxylic acids is 1. The quantitative estimate of drug-likeness (QED) is 0.616. The summed E-state index contributed by atoms with van der Waals surface area (Å²) in [7, 11) is 1.89. The van der Waals surface area contributed by atoms with Gasteiger partial charge in [-0.25, -0.2) is 0 Å². The molecule has 0 aliphatic carbocycles. The van der Waals surface area contributed by atoms with Gasteiger partial charge in [0.2, 0.25) is 5.78 Å². The van der Waals surface area contributed by atoms with Crippen LogP contribution >= 0.6 is 23.2 Å². The van der Waals surface area contributed by atoms with Crippen LogP contribution in [-0.4, -0.2) is 20.5 Å².